The molecule has 5 heteroatoms. The van der Waals surface area contributed by atoms with E-state index in [4.69, 9.17) is 10.0 Å². The van der Waals surface area contributed by atoms with E-state index >= 15 is 0 Å². The van der Waals surface area contributed by atoms with Crippen LogP contribution < -0.4 is 5.46 Å². The van der Waals surface area contributed by atoms with Crippen molar-refractivity contribution in [1.29, 1.82) is 0 Å². The van der Waals surface area contributed by atoms with E-state index in [1.54, 1.807) is 24.4 Å². The van der Waals surface area contributed by atoms with Crippen LogP contribution in [0.2, 0.25) is 0 Å². The van der Waals surface area contributed by atoms with Gasteiger partial charge in [-0.3, -0.25) is 4.79 Å². The standard InChI is InChI=1S/C9H8BNO3/c12-5-6-4-11-8-3-1-2-7(9(6)8)10(13)14/h1-5,11,13-14H. The molecule has 3 N–H and O–H groups in total. The Labute approximate surface area is 80.3 Å². The first kappa shape index (κ1) is 8.99. The summed E-state index contributed by atoms with van der Waals surface area (Å²) in [5, 5.41) is 18.7. The highest BCUT2D eigenvalue weighted by atomic mass is 16.4. The van der Waals surface area contributed by atoms with Crippen molar-refractivity contribution in [1.82, 2.24) is 4.98 Å². The first-order valence-electron chi connectivity index (χ1n) is 4.15. The van der Waals surface area contributed by atoms with Gasteiger partial charge in [0.1, 0.15) is 0 Å². The van der Waals surface area contributed by atoms with E-state index in [9.17, 15) is 4.79 Å². The van der Waals surface area contributed by atoms with E-state index in [-0.39, 0.29) is 0 Å². The lowest BCUT2D eigenvalue weighted by molar-refractivity contribution is 0.112. The Bertz CT molecular complexity index is 478. The average Bonchev–Trinajstić information content (AvgIpc) is 2.59. The summed E-state index contributed by atoms with van der Waals surface area (Å²) in [4.78, 5) is 13.6. The molecule has 1 aromatic heterocycles. The van der Waals surface area contributed by atoms with E-state index in [0.29, 0.717) is 22.7 Å². The number of hydrogen-bond donors (Lipinski definition) is 3. The normalized spacial score (nSPS) is 10.4. The molecule has 0 aliphatic heterocycles. The number of hydrogen-bond acceptors (Lipinski definition) is 3. The quantitative estimate of drug-likeness (QED) is 0.446. The van der Waals surface area contributed by atoms with E-state index in [0.717, 1.165) is 5.52 Å². The molecule has 0 bridgehead atoms. The molecule has 1 heterocycles. The number of H-pyrrole nitrogens is 1. The summed E-state index contributed by atoms with van der Waals surface area (Å²) in [7, 11) is -1.56. The van der Waals surface area contributed by atoms with Crippen LogP contribution in [0, 0.1) is 0 Å². The monoisotopic (exact) mass is 189 g/mol. The summed E-state index contributed by atoms with van der Waals surface area (Å²) in [5.41, 5.74) is 1.49. The molecule has 0 radical (unpaired) electrons. The predicted molar refractivity (Wildman–Crippen MR) is 53.5 cm³/mol. The molecule has 0 aliphatic rings. The zero-order chi connectivity index (χ0) is 10.1. The van der Waals surface area contributed by atoms with E-state index in [1.807, 2.05) is 0 Å². The van der Waals surface area contributed by atoms with Crippen molar-refractivity contribution in [2.24, 2.45) is 0 Å². The van der Waals surface area contributed by atoms with Crippen LogP contribution in [-0.2, 0) is 0 Å². The van der Waals surface area contributed by atoms with Crippen LogP contribution in [0.1, 0.15) is 10.4 Å². The van der Waals surface area contributed by atoms with Crippen LogP contribution in [-0.4, -0.2) is 28.4 Å². The molecule has 0 spiro atoms. The van der Waals surface area contributed by atoms with Gasteiger partial charge >= 0.3 is 7.12 Å². The van der Waals surface area contributed by atoms with Gasteiger partial charge in [-0.1, -0.05) is 12.1 Å². The number of aromatic nitrogens is 1. The Kier molecular flexibility index (Phi) is 2.11. The fraction of sp³-hybridized carbons (Fsp3) is 0. The molecule has 0 saturated carbocycles. The van der Waals surface area contributed by atoms with Crippen molar-refractivity contribution in [3.8, 4) is 0 Å². The molecule has 14 heavy (non-hydrogen) atoms. The molecular formula is C9H8BNO3. The number of fused-ring (bicyclic) bond motifs is 1. The van der Waals surface area contributed by atoms with Crippen LogP contribution in [0.25, 0.3) is 10.9 Å². The first-order valence-corrected chi connectivity index (χ1v) is 4.15. The minimum absolute atomic E-state index is 0.339. The molecular weight excluding hydrogens is 181 g/mol. The van der Waals surface area contributed by atoms with Gasteiger partial charge in [0.25, 0.3) is 0 Å². The molecule has 2 rings (SSSR count). The van der Waals surface area contributed by atoms with Gasteiger partial charge in [-0.05, 0) is 11.5 Å². The van der Waals surface area contributed by atoms with E-state index < -0.39 is 7.12 Å². The Morgan fingerprint density at radius 2 is 2.14 bits per heavy atom. The summed E-state index contributed by atoms with van der Waals surface area (Å²) in [6.45, 7) is 0. The smallest absolute Gasteiger partial charge is 0.423 e. The lowest BCUT2D eigenvalue weighted by Crippen LogP contribution is -2.30. The molecule has 2 aromatic rings. The molecule has 0 amide bonds. The van der Waals surface area contributed by atoms with Gasteiger partial charge in [-0.15, -0.1) is 0 Å². The number of nitrogens with one attached hydrogen (secondary N) is 1. The van der Waals surface area contributed by atoms with Crippen LogP contribution in [0.15, 0.2) is 24.4 Å². The minimum atomic E-state index is -1.56. The molecule has 1 aromatic carbocycles. The van der Waals surface area contributed by atoms with Crippen molar-refractivity contribution in [2.45, 2.75) is 0 Å². The number of rotatable bonds is 2. The maximum Gasteiger partial charge on any atom is 0.489 e. The second-order valence-corrected chi connectivity index (χ2v) is 3.01. The van der Waals surface area contributed by atoms with Crippen LogP contribution in [0.4, 0.5) is 0 Å². The largest absolute Gasteiger partial charge is 0.489 e. The SMILES string of the molecule is O=Cc1c[nH]c2cccc(B(O)O)c12. The number of aldehydes is 1. The molecule has 0 fully saturated rings. The Morgan fingerprint density at radius 3 is 2.79 bits per heavy atom. The molecule has 4 nitrogen and oxygen atoms in total. The fourth-order valence-electron chi connectivity index (χ4n) is 1.55. The third-order valence-corrected chi connectivity index (χ3v) is 2.17. The zero-order valence-corrected chi connectivity index (χ0v) is 7.27. The first-order chi connectivity index (χ1) is 6.74. The van der Waals surface area contributed by atoms with Gasteiger partial charge in [0, 0.05) is 22.7 Å². The summed E-state index contributed by atoms with van der Waals surface area (Å²) < 4.78 is 0. The van der Waals surface area contributed by atoms with Gasteiger partial charge in [-0.2, -0.15) is 0 Å². The molecule has 0 unspecified atom stereocenters. The maximum absolute atomic E-state index is 10.7. The lowest BCUT2D eigenvalue weighted by Gasteiger charge is -2.01. The highest BCUT2D eigenvalue weighted by Crippen LogP contribution is 2.14. The maximum atomic E-state index is 10.7. The van der Waals surface area contributed by atoms with Crippen LogP contribution in [0.5, 0.6) is 0 Å². The Balaban J connectivity index is 2.81. The molecule has 0 aliphatic carbocycles. The summed E-state index contributed by atoms with van der Waals surface area (Å²) >= 11 is 0. The zero-order valence-electron chi connectivity index (χ0n) is 7.27. The number of carbonyl (C=O) groups excluding carboxylic acids is 1. The Morgan fingerprint density at radius 1 is 1.36 bits per heavy atom. The van der Waals surface area contributed by atoms with Crippen LogP contribution in [0.3, 0.4) is 0 Å². The molecule has 0 saturated heterocycles. The van der Waals surface area contributed by atoms with Crippen molar-refractivity contribution < 1.29 is 14.8 Å². The van der Waals surface area contributed by atoms with Gasteiger partial charge < -0.3 is 15.0 Å². The minimum Gasteiger partial charge on any atom is -0.423 e. The van der Waals surface area contributed by atoms with E-state index in [1.165, 1.54) is 0 Å². The van der Waals surface area contributed by atoms with Gasteiger partial charge in [0.05, 0.1) is 0 Å². The van der Waals surface area contributed by atoms with Crippen molar-refractivity contribution in [3.63, 3.8) is 0 Å². The second-order valence-electron chi connectivity index (χ2n) is 3.01. The van der Waals surface area contributed by atoms with E-state index in [2.05, 4.69) is 4.98 Å². The number of benzene rings is 1. The Hall–Kier alpha value is -1.59. The van der Waals surface area contributed by atoms with Gasteiger partial charge in [0.15, 0.2) is 6.29 Å². The van der Waals surface area contributed by atoms with Gasteiger partial charge in [-0.25, -0.2) is 0 Å². The van der Waals surface area contributed by atoms with Crippen LogP contribution >= 0.6 is 0 Å². The fourth-order valence-corrected chi connectivity index (χ4v) is 1.55. The number of carbonyl (C=O) groups is 1. The number of aromatic amines is 1. The molecule has 0 atom stereocenters. The molecule has 70 valence electrons. The highest BCUT2D eigenvalue weighted by molar-refractivity contribution is 6.62. The predicted octanol–water partition coefficient (Wildman–Crippen LogP) is -0.340. The average molecular weight is 189 g/mol. The summed E-state index contributed by atoms with van der Waals surface area (Å²) in [6.07, 6.45) is 2.23. The lowest BCUT2D eigenvalue weighted by atomic mass is 9.77. The van der Waals surface area contributed by atoms with Crippen molar-refractivity contribution >= 4 is 29.8 Å². The third kappa shape index (κ3) is 1.23. The van der Waals surface area contributed by atoms with Crippen molar-refractivity contribution in [3.05, 3.63) is 30.0 Å². The highest BCUT2D eigenvalue weighted by Gasteiger charge is 2.17. The summed E-state index contributed by atoms with van der Waals surface area (Å²) in [5.74, 6) is 0. The second kappa shape index (κ2) is 3.28. The summed E-state index contributed by atoms with van der Waals surface area (Å²) in [6, 6.07) is 5.05. The topological polar surface area (TPSA) is 73.3 Å². The van der Waals surface area contributed by atoms with Crippen molar-refractivity contribution in [2.75, 3.05) is 0 Å². The third-order valence-electron chi connectivity index (χ3n) is 2.17. The van der Waals surface area contributed by atoms with Gasteiger partial charge in [0.2, 0.25) is 0 Å².